The summed E-state index contributed by atoms with van der Waals surface area (Å²) in [6, 6.07) is 6.46. The molecule has 152 valence electrons. The molecule has 0 spiro atoms. The van der Waals surface area contributed by atoms with E-state index in [9.17, 15) is 5.11 Å². The highest BCUT2D eigenvalue weighted by molar-refractivity contribution is 6.06. The second-order valence-electron chi connectivity index (χ2n) is 8.19. The predicted octanol–water partition coefficient (Wildman–Crippen LogP) is 3.41. The molecule has 2 N–H and O–H groups in total. The number of anilines is 3. The maximum absolute atomic E-state index is 9.74. The molecular weight excluding hydrogens is 378 g/mol. The molecule has 1 atom stereocenters. The van der Waals surface area contributed by atoms with Gasteiger partial charge >= 0.3 is 0 Å². The Labute approximate surface area is 173 Å². The molecule has 0 amide bonds. The Hall–Kier alpha value is -3.26. The lowest BCUT2D eigenvalue weighted by atomic mass is 9.93. The largest absolute Gasteiger partial charge is 0.391 e. The van der Waals surface area contributed by atoms with Crippen LogP contribution < -0.4 is 10.2 Å². The van der Waals surface area contributed by atoms with Gasteiger partial charge in [-0.25, -0.2) is 9.97 Å². The monoisotopic (exact) mass is 401 g/mol. The Morgan fingerprint density at radius 2 is 1.93 bits per heavy atom. The molecule has 8 nitrogen and oxygen atoms in total. The average Bonchev–Trinajstić information content (AvgIpc) is 3.30. The van der Waals surface area contributed by atoms with Crippen molar-refractivity contribution in [1.29, 1.82) is 0 Å². The quantitative estimate of drug-likeness (QED) is 0.541. The van der Waals surface area contributed by atoms with Crippen LogP contribution in [0.3, 0.4) is 0 Å². The first kappa shape index (κ1) is 17.6. The maximum Gasteiger partial charge on any atom is 0.230 e. The Kier molecular flexibility index (Phi) is 4.05. The number of aliphatic hydroxyl groups excluding tert-OH is 1. The molecule has 1 saturated carbocycles. The summed E-state index contributed by atoms with van der Waals surface area (Å²) in [5.41, 5.74) is 3.09. The van der Waals surface area contributed by atoms with Gasteiger partial charge in [0.2, 0.25) is 5.95 Å². The van der Waals surface area contributed by atoms with Crippen LogP contribution in [0.4, 0.5) is 17.5 Å². The summed E-state index contributed by atoms with van der Waals surface area (Å²) in [5.74, 6) is 1.24. The molecule has 4 aromatic rings. The summed E-state index contributed by atoms with van der Waals surface area (Å²) in [6.07, 6.45) is 11.6. The van der Waals surface area contributed by atoms with Gasteiger partial charge in [-0.1, -0.05) is 0 Å². The lowest BCUT2D eigenvalue weighted by molar-refractivity contribution is 0.198. The van der Waals surface area contributed by atoms with Crippen molar-refractivity contribution in [3.05, 3.63) is 43.0 Å². The molecule has 2 fully saturated rings. The normalized spacial score (nSPS) is 19.5. The smallest absolute Gasteiger partial charge is 0.230 e. The fourth-order valence-corrected chi connectivity index (χ4v) is 4.48. The van der Waals surface area contributed by atoms with Gasteiger partial charge in [0.25, 0.3) is 0 Å². The zero-order valence-corrected chi connectivity index (χ0v) is 16.6. The summed E-state index contributed by atoms with van der Waals surface area (Å²) in [6.45, 7) is 1.52. The highest BCUT2D eigenvalue weighted by Gasteiger charge is 2.25. The average molecular weight is 401 g/mol. The van der Waals surface area contributed by atoms with Gasteiger partial charge in [-0.15, -0.1) is 0 Å². The third-order valence-electron chi connectivity index (χ3n) is 6.30. The zero-order valence-electron chi connectivity index (χ0n) is 16.6. The predicted molar refractivity (Wildman–Crippen MR) is 116 cm³/mol. The van der Waals surface area contributed by atoms with E-state index >= 15 is 0 Å². The molecule has 0 aromatic carbocycles. The maximum atomic E-state index is 9.74. The van der Waals surface area contributed by atoms with Crippen LogP contribution in [-0.2, 0) is 0 Å². The van der Waals surface area contributed by atoms with E-state index in [0.29, 0.717) is 24.4 Å². The van der Waals surface area contributed by atoms with Gasteiger partial charge in [-0.2, -0.15) is 4.98 Å². The molecular formula is C22H23N7O. The van der Waals surface area contributed by atoms with Crippen molar-refractivity contribution >= 4 is 39.4 Å². The number of β-amino-alcohol motifs (C(OH)–C–C–N with tert-alkyl or cyclic N) is 1. The molecule has 1 aliphatic heterocycles. The summed E-state index contributed by atoms with van der Waals surface area (Å²) in [4.78, 5) is 20.4. The number of hydrogen-bond donors (Lipinski definition) is 2. The number of pyridine rings is 2. The number of nitrogens with zero attached hydrogens (tertiary/aromatic N) is 6. The van der Waals surface area contributed by atoms with Gasteiger partial charge in [-0.3, -0.25) is 4.98 Å². The number of hydrogen-bond acceptors (Lipinski definition) is 7. The third-order valence-corrected chi connectivity index (χ3v) is 6.30. The molecule has 0 unspecified atom stereocenters. The Bertz CT molecular complexity index is 1220. The number of nitrogens with one attached hydrogen (secondary N) is 1. The van der Waals surface area contributed by atoms with Crippen LogP contribution in [0.5, 0.6) is 0 Å². The van der Waals surface area contributed by atoms with Gasteiger partial charge in [0.15, 0.2) is 0 Å². The summed E-state index contributed by atoms with van der Waals surface area (Å²) in [5, 5.41) is 15.2. The van der Waals surface area contributed by atoms with Crippen molar-refractivity contribution in [3.63, 3.8) is 0 Å². The Morgan fingerprint density at radius 3 is 2.67 bits per heavy atom. The standard InChI is InChI=1S/C22H23N7O/c30-16-7-9-28(13-16)15-4-5-20(24-10-15)26-22-25-11-18-17-6-8-23-12-19(17)29(21(18)27-22)14-2-1-3-14/h4-6,8,10-12,14,16,30H,1-3,7,9,13H2,(H,24,25,26,27)/t16-/m1/s1. The van der Waals surface area contributed by atoms with Crippen LogP contribution >= 0.6 is 0 Å². The minimum atomic E-state index is -0.249. The van der Waals surface area contributed by atoms with E-state index in [1.165, 1.54) is 19.3 Å². The van der Waals surface area contributed by atoms with E-state index in [2.05, 4.69) is 29.7 Å². The van der Waals surface area contributed by atoms with E-state index in [-0.39, 0.29) is 6.10 Å². The van der Waals surface area contributed by atoms with Crippen molar-refractivity contribution in [2.45, 2.75) is 37.8 Å². The minimum Gasteiger partial charge on any atom is -0.391 e. The van der Waals surface area contributed by atoms with Crippen molar-refractivity contribution < 1.29 is 5.11 Å². The summed E-state index contributed by atoms with van der Waals surface area (Å²) >= 11 is 0. The number of fused-ring (bicyclic) bond motifs is 3. The van der Waals surface area contributed by atoms with Gasteiger partial charge < -0.3 is 19.9 Å². The third kappa shape index (κ3) is 2.87. The fraction of sp³-hybridized carbons (Fsp3) is 0.364. The molecule has 1 aliphatic carbocycles. The second kappa shape index (κ2) is 6.91. The molecule has 6 rings (SSSR count). The number of rotatable bonds is 4. The van der Waals surface area contributed by atoms with Crippen molar-refractivity contribution in [2.75, 3.05) is 23.3 Å². The second-order valence-corrected chi connectivity index (χ2v) is 8.19. The van der Waals surface area contributed by atoms with Crippen LogP contribution in [-0.4, -0.2) is 48.8 Å². The highest BCUT2D eigenvalue weighted by Crippen LogP contribution is 2.39. The summed E-state index contributed by atoms with van der Waals surface area (Å²) < 4.78 is 2.32. The lowest BCUT2D eigenvalue weighted by Gasteiger charge is -2.28. The van der Waals surface area contributed by atoms with Crippen molar-refractivity contribution in [3.8, 4) is 0 Å². The van der Waals surface area contributed by atoms with Gasteiger partial charge in [0.05, 0.1) is 29.7 Å². The minimum absolute atomic E-state index is 0.249. The molecule has 4 aromatic heterocycles. The van der Waals surface area contributed by atoms with E-state index in [4.69, 9.17) is 4.98 Å². The molecule has 2 aliphatic rings. The number of aliphatic hydroxyl groups is 1. The fourth-order valence-electron chi connectivity index (χ4n) is 4.48. The summed E-state index contributed by atoms with van der Waals surface area (Å²) in [7, 11) is 0. The van der Waals surface area contributed by atoms with E-state index < -0.39 is 0 Å². The number of aromatic nitrogens is 5. The highest BCUT2D eigenvalue weighted by atomic mass is 16.3. The van der Waals surface area contributed by atoms with E-state index in [1.807, 2.05) is 43.0 Å². The molecule has 5 heterocycles. The Balaban J connectivity index is 1.33. The zero-order chi connectivity index (χ0) is 20.1. The van der Waals surface area contributed by atoms with E-state index in [0.717, 1.165) is 40.6 Å². The lowest BCUT2D eigenvalue weighted by Crippen LogP contribution is -2.21. The van der Waals surface area contributed by atoms with Crippen molar-refractivity contribution in [2.24, 2.45) is 0 Å². The molecule has 8 heteroatoms. The van der Waals surface area contributed by atoms with E-state index in [1.54, 1.807) is 0 Å². The SMILES string of the molecule is O[C@@H]1CCN(c2ccc(Nc3ncc4c5ccncc5n(C5CCC5)c4n3)nc2)C1. The van der Waals surface area contributed by atoms with Crippen LogP contribution in [0.1, 0.15) is 31.7 Å². The molecule has 30 heavy (non-hydrogen) atoms. The molecule has 1 saturated heterocycles. The molecule has 0 bridgehead atoms. The van der Waals surface area contributed by atoms with Gasteiger partial charge in [0.1, 0.15) is 11.5 Å². The molecule has 0 radical (unpaired) electrons. The topological polar surface area (TPSA) is 92.0 Å². The van der Waals surface area contributed by atoms with Gasteiger partial charge in [0, 0.05) is 42.3 Å². The van der Waals surface area contributed by atoms with Crippen molar-refractivity contribution in [1.82, 2.24) is 24.5 Å². The van der Waals surface area contributed by atoms with Crippen LogP contribution in [0.25, 0.3) is 21.9 Å². The van der Waals surface area contributed by atoms with Crippen LogP contribution in [0.2, 0.25) is 0 Å². The first-order chi connectivity index (χ1) is 14.8. The van der Waals surface area contributed by atoms with Gasteiger partial charge in [-0.05, 0) is 43.9 Å². The first-order valence-electron chi connectivity index (χ1n) is 10.5. The Morgan fingerprint density at radius 1 is 1.00 bits per heavy atom. The first-order valence-corrected chi connectivity index (χ1v) is 10.5. The van der Waals surface area contributed by atoms with Crippen LogP contribution in [0, 0.1) is 0 Å². The van der Waals surface area contributed by atoms with Crippen LogP contribution in [0.15, 0.2) is 43.0 Å².